The van der Waals surface area contributed by atoms with Gasteiger partial charge in [0.15, 0.2) is 0 Å². The second kappa shape index (κ2) is 11.1. The number of hydrogen-bond donors (Lipinski definition) is 2. The van der Waals surface area contributed by atoms with Gasteiger partial charge in [-0.25, -0.2) is 12.8 Å². The number of ether oxygens (including phenoxy) is 1. The Morgan fingerprint density at radius 1 is 1.22 bits per heavy atom. The van der Waals surface area contributed by atoms with Crippen LogP contribution in [0.25, 0.3) is 6.08 Å². The minimum absolute atomic E-state index is 0.0143. The molecule has 1 aliphatic heterocycles. The highest BCUT2D eigenvalue weighted by atomic mass is 32.2. The predicted molar refractivity (Wildman–Crippen MR) is 142 cm³/mol. The van der Waals surface area contributed by atoms with E-state index in [1.165, 1.54) is 17.7 Å². The fourth-order valence-electron chi connectivity index (χ4n) is 3.81. The second-order valence-corrected chi connectivity index (χ2v) is 11.4. The molecule has 0 aliphatic carbocycles. The molecule has 9 heteroatoms. The molecule has 0 spiro atoms. The van der Waals surface area contributed by atoms with Crippen molar-refractivity contribution in [2.24, 2.45) is 0 Å². The van der Waals surface area contributed by atoms with Crippen molar-refractivity contribution in [2.75, 3.05) is 42.2 Å². The summed E-state index contributed by atoms with van der Waals surface area (Å²) in [5.74, 6) is 1.11. The van der Waals surface area contributed by atoms with E-state index in [-0.39, 0.29) is 29.1 Å². The summed E-state index contributed by atoms with van der Waals surface area (Å²) in [6.07, 6.45) is 9.54. The average Bonchev–Trinajstić information content (AvgIpc) is 2.82. The Bertz CT molecular complexity index is 1300. The number of hydrogen-bond acceptors (Lipinski definition) is 5. The molecule has 7 nitrogen and oxygen atoms in total. The van der Waals surface area contributed by atoms with Gasteiger partial charge < -0.3 is 15.0 Å². The molecule has 0 bridgehead atoms. The number of benzene rings is 2. The van der Waals surface area contributed by atoms with Gasteiger partial charge in [0.2, 0.25) is 15.9 Å². The van der Waals surface area contributed by atoms with Gasteiger partial charge in [0.1, 0.15) is 5.82 Å². The Kier molecular flexibility index (Phi) is 8.43. The van der Waals surface area contributed by atoms with Gasteiger partial charge in [-0.3, -0.25) is 9.52 Å². The van der Waals surface area contributed by atoms with E-state index in [2.05, 4.69) is 53.8 Å². The van der Waals surface area contributed by atoms with Crippen LogP contribution < -0.4 is 14.9 Å². The third-order valence-corrected chi connectivity index (χ3v) is 6.30. The number of nitrogens with one attached hydrogen (secondary N) is 2. The molecule has 1 aliphatic rings. The van der Waals surface area contributed by atoms with Crippen molar-refractivity contribution in [3.8, 4) is 12.3 Å². The summed E-state index contributed by atoms with van der Waals surface area (Å²) in [6.45, 7) is 9.34. The normalized spacial score (nSPS) is 14.5. The summed E-state index contributed by atoms with van der Waals surface area (Å²) in [5.41, 5.74) is 3.31. The van der Waals surface area contributed by atoms with Crippen LogP contribution in [-0.4, -0.2) is 46.9 Å². The SMILES string of the molecule is C#Cc1cc(CNC(=O)C=Cc2ccc(C(C)(C)C)cc2N2CCOCC2)cc(F)c1NS(C)(=O)=O. The monoisotopic (exact) mass is 513 g/mol. The number of nitrogens with zero attached hydrogens (tertiary/aromatic N) is 1. The van der Waals surface area contributed by atoms with Crippen LogP contribution >= 0.6 is 0 Å². The van der Waals surface area contributed by atoms with Crippen molar-refractivity contribution in [2.45, 2.75) is 32.7 Å². The molecule has 1 heterocycles. The molecule has 2 aromatic rings. The number of anilines is 2. The molecule has 1 amide bonds. The van der Waals surface area contributed by atoms with E-state index in [0.717, 1.165) is 36.7 Å². The van der Waals surface area contributed by atoms with Crippen molar-refractivity contribution in [3.05, 3.63) is 64.5 Å². The van der Waals surface area contributed by atoms with Crippen molar-refractivity contribution in [3.63, 3.8) is 0 Å². The first-order valence-electron chi connectivity index (χ1n) is 11.6. The first kappa shape index (κ1) is 27.2. The zero-order chi connectivity index (χ0) is 26.5. The van der Waals surface area contributed by atoms with Crippen LogP contribution in [0.15, 0.2) is 36.4 Å². The molecule has 3 rings (SSSR count). The zero-order valence-electron chi connectivity index (χ0n) is 21.0. The fraction of sp³-hybridized carbons (Fsp3) is 0.370. The smallest absolute Gasteiger partial charge is 0.244 e. The second-order valence-electron chi connectivity index (χ2n) is 9.69. The van der Waals surface area contributed by atoms with Gasteiger partial charge in [-0.2, -0.15) is 0 Å². The maximum Gasteiger partial charge on any atom is 0.244 e. The van der Waals surface area contributed by atoms with Crippen LogP contribution in [0, 0.1) is 18.2 Å². The Morgan fingerprint density at radius 3 is 2.53 bits per heavy atom. The quantitative estimate of drug-likeness (QED) is 0.436. The minimum atomic E-state index is -3.70. The lowest BCUT2D eigenvalue weighted by atomic mass is 9.86. The molecule has 0 unspecified atom stereocenters. The average molecular weight is 514 g/mol. The lowest BCUT2D eigenvalue weighted by molar-refractivity contribution is -0.116. The van der Waals surface area contributed by atoms with Crippen LogP contribution in [0.4, 0.5) is 15.8 Å². The Balaban J connectivity index is 1.76. The Morgan fingerprint density at radius 2 is 1.92 bits per heavy atom. The summed E-state index contributed by atoms with van der Waals surface area (Å²) in [6, 6.07) is 8.84. The third kappa shape index (κ3) is 7.33. The third-order valence-electron chi connectivity index (χ3n) is 5.72. The minimum Gasteiger partial charge on any atom is -0.378 e. The van der Waals surface area contributed by atoms with Crippen molar-refractivity contribution in [1.82, 2.24) is 5.32 Å². The molecule has 2 N–H and O–H groups in total. The lowest BCUT2D eigenvalue weighted by Crippen LogP contribution is -2.36. The first-order valence-corrected chi connectivity index (χ1v) is 13.5. The number of halogens is 1. The number of rotatable bonds is 7. The topological polar surface area (TPSA) is 87.7 Å². The van der Waals surface area contributed by atoms with Gasteiger partial charge in [0.25, 0.3) is 0 Å². The molecule has 0 saturated carbocycles. The van der Waals surface area contributed by atoms with E-state index < -0.39 is 15.8 Å². The molecule has 0 aromatic heterocycles. The number of carbonyl (C=O) groups is 1. The van der Waals surface area contributed by atoms with E-state index in [0.29, 0.717) is 18.8 Å². The molecular formula is C27H32FN3O4S. The Labute approximate surface area is 212 Å². The van der Waals surface area contributed by atoms with E-state index in [4.69, 9.17) is 11.2 Å². The fourth-order valence-corrected chi connectivity index (χ4v) is 4.39. The summed E-state index contributed by atoms with van der Waals surface area (Å²) in [5, 5.41) is 2.72. The highest BCUT2D eigenvalue weighted by Gasteiger charge is 2.19. The van der Waals surface area contributed by atoms with Crippen molar-refractivity contribution >= 4 is 33.4 Å². The lowest BCUT2D eigenvalue weighted by Gasteiger charge is -2.32. The predicted octanol–water partition coefficient (Wildman–Crippen LogP) is 3.64. The van der Waals surface area contributed by atoms with Crippen LogP contribution in [0.2, 0.25) is 0 Å². The summed E-state index contributed by atoms with van der Waals surface area (Å²) >= 11 is 0. The highest BCUT2D eigenvalue weighted by molar-refractivity contribution is 7.92. The number of sulfonamides is 1. The molecule has 1 saturated heterocycles. The summed E-state index contributed by atoms with van der Waals surface area (Å²) in [4.78, 5) is 14.8. The highest BCUT2D eigenvalue weighted by Crippen LogP contribution is 2.31. The van der Waals surface area contributed by atoms with Gasteiger partial charge in [-0.05, 0) is 46.4 Å². The van der Waals surface area contributed by atoms with Gasteiger partial charge >= 0.3 is 0 Å². The van der Waals surface area contributed by atoms with Crippen LogP contribution in [0.3, 0.4) is 0 Å². The van der Waals surface area contributed by atoms with Crippen LogP contribution in [0.1, 0.15) is 43.0 Å². The summed E-state index contributed by atoms with van der Waals surface area (Å²) in [7, 11) is -3.70. The van der Waals surface area contributed by atoms with E-state index in [9.17, 15) is 17.6 Å². The number of amides is 1. The number of carbonyl (C=O) groups excluding carboxylic acids is 1. The molecule has 192 valence electrons. The van der Waals surface area contributed by atoms with Crippen LogP contribution in [-0.2, 0) is 31.5 Å². The molecule has 0 atom stereocenters. The van der Waals surface area contributed by atoms with Gasteiger partial charge in [0, 0.05) is 31.4 Å². The molecule has 36 heavy (non-hydrogen) atoms. The number of morpholine rings is 1. The van der Waals surface area contributed by atoms with E-state index >= 15 is 0 Å². The van der Waals surface area contributed by atoms with Gasteiger partial charge in [0.05, 0.1) is 30.7 Å². The largest absolute Gasteiger partial charge is 0.378 e. The first-order chi connectivity index (χ1) is 16.9. The standard InChI is InChI=1S/C27H32FN3O4S/c1-6-20-15-19(16-23(28)26(20)30-36(5,33)34)18-29-25(32)10-8-21-7-9-22(27(2,3)4)17-24(21)31-11-13-35-14-12-31/h1,7-10,15-17,30H,11-14,18H2,2-5H3,(H,29,32). The summed E-state index contributed by atoms with van der Waals surface area (Å²) < 4.78 is 45.0. The van der Waals surface area contributed by atoms with Gasteiger partial charge in [-0.1, -0.05) is 38.8 Å². The molecule has 2 aromatic carbocycles. The van der Waals surface area contributed by atoms with Crippen LogP contribution in [0.5, 0.6) is 0 Å². The van der Waals surface area contributed by atoms with Crippen molar-refractivity contribution < 1.29 is 22.3 Å². The molecule has 1 fully saturated rings. The maximum atomic E-state index is 14.5. The van der Waals surface area contributed by atoms with E-state index in [1.54, 1.807) is 6.08 Å². The molecular weight excluding hydrogens is 481 g/mol. The number of terminal acetylenes is 1. The molecule has 0 radical (unpaired) electrons. The maximum absolute atomic E-state index is 14.5. The zero-order valence-corrected chi connectivity index (χ0v) is 21.8. The van der Waals surface area contributed by atoms with E-state index in [1.807, 2.05) is 6.07 Å². The van der Waals surface area contributed by atoms with Gasteiger partial charge in [-0.15, -0.1) is 6.42 Å². The van der Waals surface area contributed by atoms with Crippen molar-refractivity contribution in [1.29, 1.82) is 0 Å². The Hall–Kier alpha value is -3.35.